The molecule has 0 saturated heterocycles. The van der Waals surface area contributed by atoms with Crippen molar-refractivity contribution >= 4 is 5.91 Å². The largest absolute Gasteiger partial charge is 0.394 e. The SMILES string of the molecule is CC1(C)CCCCC1C(=O)NCC(O)CO. The van der Waals surface area contributed by atoms with E-state index in [1.807, 2.05) is 0 Å². The summed E-state index contributed by atoms with van der Waals surface area (Å²) in [6.07, 6.45) is 3.44. The van der Waals surface area contributed by atoms with Gasteiger partial charge in [0.15, 0.2) is 0 Å². The van der Waals surface area contributed by atoms with E-state index in [2.05, 4.69) is 19.2 Å². The first kappa shape index (κ1) is 13.5. The molecule has 0 aromatic rings. The van der Waals surface area contributed by atoms with E-state index in [1.165, 1.54) is 6.42 Å². The maximum absolute atomic E-state index is 11.9. The van der Waals surface area contributed by atoms with E-state index in [9.17, 15) is 9.90 Å². The summed E-state index contributed by atoms with van der Waals surface area (Å²) in [6, 6.07) is 0. The third kappa shape index (κ3) is 3.46. The molecule has 16 heavy (non-hydrogen) atoms. The molecule has 4 heteroatoms. The van der Waals surface area contributed by atoms with Crippen LogP contribution in [0.2, 0.25) is 0 Å². The molecule has 0 radical (unpaired) electrons. The van der Waals surface area contributed by atoms with Gasteiger partial charge >= 0.3 is 0 Å². The van der Waals surface area contributed by atoms with Gasteiger partial charge in [0.2, 0.25) is 5.91 Å². The van der Waals surface area contributed by atoms with E-state index in [1.54, 1.807) is 0 Å². The lowest BCUT2D eigenvalue weighted by molar-refractivity contribution is -0.130. The summed E-state index contributed by atoms with van der Waals surface area (Å²) in [5, 5.41) is 20.5. The molecule has 0 aromatic heterocycles. The van der Waals surface area contributed by atoms with E-state index < -0.39 is 6.10 Å². The Hall–Kier alpha value is -0.610. The van der Waals surface area contributed by atoms with Gasteiger partial charge in [0.05, 0.1) is 12.7 Å². The van der Waals surface area contributed by atoms with Crippen molar-refractivity contribution in [3.05, 3.63) is 0 Å². The Morgan fingerprint density at radius 3 is 2.75 bits per heavy atom. The van der Waals surface area contributed by atoms with Crippen molar-refractivity contribution in [1.29, 1.82) is 0 Å². The minimum atomic E-state index is -0.851. The van der Waals surface area contributed by atoms with Gasteiger partial charge in [-0.05, 0) is 18.3 Å². The first-order valence-corrected chi connectivity index (χ1v) is 6.04. The highest BCUT2D eigenvalue weighted by atomic mass is 16.3. The zero-order valence-electron chi connectivity index (χ0n) is 10.2. The zero-order chi connectivity index (χ0) is 12.2. The van der Waals surface area contributed by atoms with Crippen molar-refractivity contribution in [3.8, 4) is 0 Å². The van der Waals surface area contributed by atoms with Crippen LogP contribution < -0.4 is 5.32 Å². The quantitative estimate of drug-likeness (QED) is 0.663. The van der Waals surface area contributed by atoms with Gasteiger partial charge < -0.3 is 15.5 Å². The fourth-order valence-corrected chi connectivity index (χ4v) is 2.39. The van der Waals surface area contributed by atoms with Crippen LogP contribution >= 0.6 is 0 Å². The van der Waals surface area contributed by atoms with Crippen LogP contribution in [0.1, 0.15) is 39.5 Å². The minimum absolute atomic E-state index is 0.0113. The number of nitrogens with one attached hydrogen (secondary N) is 1. The summed E-state index contributed by atoms with van der Waals surface area (Å²) in [4.78, 5) is 11.9. The fourth-order valence-electron chi connectivity index (χ4n) is 2.39. The first-order valence-electron chi connectivity index (χ1n) is 6.04. The Balaban J connectivity index is 2.46. The van der Waals surface area contributed by atoms with Crippen molar-refractivity contribution in [2.24, 2.45) is 11.3 Å². The molecule has 1 aliphatic rings. The van der Waals surface area contributed by atoms with Crippen LogP contribution in [0.4, 0.5) is 0 Å². The summed E-state index contributed by atoms with van der Waals surface area (Å²) in [7, 11) is 0. The highest BCUT2D eigenvalue weighted by Crippen LogP contribution is 2.40. The van der Waals surface area contributed by atoms with E-state index >= 15 is 0 Å². The number of amides is 1. The average Bonchev–Trinajstić information content (AvgIpc) is 2.24. The maximum atomic E-state index is 11.9. The number of rotatable bonds is 4. The standard InChI is InChI=1S/C12H23NO3/c1-12(2)6-4-3-5-10(12)11(16)13-7-9(15)8-14/h9-10,14-15H,3-8H2,1-2H3,(H,13,16). The van der Waals surface area contributed by atoms with Gasteiger partial charge in [0.1, 0.15) is 0 Å². The summed E-state index contributed by atoms with van der Waals surface area (Å²) in [6.45, 7) is 4.08. The lowest BCUT2D eigenvalue weighted by Gasteiger charge is -2.37. The molecule has 1 aliphatic carbocycles. The lowest BCUT2D eigenvalue weighted by Crippen LogP contribution is -2.43. The van der Waals surface area contributed by atoms with Crippen LogP contribution in [0, 0.1) is 11.3 Å². The monoisotopic (exact) mass is 229 g/mol. The van der Waals surface area contributed by atoms with Gasteiger partial charge in [0.25, 0.3) is 0 Å². The summed E-state index contributed by atoms with van der Waals surface area (Å²) in [5.74, 6) is 0.0457. The number of aliphatic hydroxyl groups is 2. The first-order chi connectivity index (χ1) is 7.47. The summed E-state index contributed by atoms with van der Waals surface area (Å²) in [5.41, 5.74) is 0.0481. The molecule has 1 saturated carbocycles. The Labute approximate surface area is 97.0 Å². The van der Waals surface area contributed by atoms with Crippen LogP contribution in [0.3, 0.4) is 0 Å². The molecular formula is C12H23NO3. The number of aliphatic hydroxyl groups excluding tert-OH is 2. The van der Waals surface area contributed by atoms with Gasteiger partial charge in [-0.3, -0.25) is 4.79 Å². The minimum Gasteiger partial charge on any atom is -0.394 e. The van der Waals surface area contributed by atoms with Crippen LogP contribution in [0.25, 0.3) is 0 Å². The fraction of sp³-hybridized carbons (Fsp3) is 0.917. The molecule has 94 valence electrons. The van der Waals surface area contributed by atoms with Gasteiger partial charge in [-0.25, -0.2) is 0 Å². The normalized spacial score (nSPS) is 26.1. The third-order valence-corrected chi connectivity index (χ3v) is 3.55. The van der Waals surface area contributed by atoms with Crippen LogP contribution in [0.15, 0.2) is 0 Å². The van der Waals surface area contributed by atoms with E-state index in [4.69, 9.17) is 5.11 Å². The van der Waals surface area contributed by atoms with Gasteiger partial charge in [-0.2, -0.15) is 0 Å². The molecule has 2 unspecified atom stereocenters. The third-order valence-electron chi connectivity index (χ3n) is 3.55. The Kier molecular flexibility index (Phi) is 4.74. The molecule has 0 bridgehead atoms. The maximum Gasteiger partial charge on any atom is 0.223 e. The summed E-state index contributed by atoms with van der Waals surface area (Å²) < 4.78 is 0. The van der Waals surface area contributed by atoms with E-state index in [0.717, 1.165) is 19.3 Å². The van der Waals surface area contributed by atoms with Crippen molar-refractivity contribution in [3.63, 3.8) is 0 Å². The van der Waals surface area contributed by atoms with Gasteiger partial charge in [-0.15, -0.1) is 0 Å². The number of carbonyl (C=O) groups excluding carboxylic acids is 1. The molecule has 4 nitrogen and oxygen atoms in total. The molecule has 0 aromatic carbocycles. The van der Waals surface area contributed by atoms with Gasteiger partial charge in [-0.1, -0.05) is 26.7 Å². The van der Waals surface area contributed by atoms with Crippen LogP contribution in [0.5, 0.6) is 0 Å². The Morgan fingerprint density at radius 2 is 2.19 bits per heavy atom. The second-order valence-corrected chi connectivity index (χ2v) is 5.37. The molecule has 0 aliphatic heterocycles. The van der Waals surface area contributed by atoms with Crippen LogP contribution in [-0.4, -0.2) is 35.4 Å². The van der Waals surface area contributed by atoms with Gasteiger partial charge in [0, 0.05) is 12.5 Å². The Bertz CT molecular complexity index is 240. The molecule has 1 amide bonds. The zero-order valence-corrected chi connectivity index (χ0v) is 10.2. The predicted octanol–water partition coefficient (Wildman–Crippen LogP) is 0.672. The predicted molar refractivity (Wildman–Crippen MR) is 61.8 cm³/mol. The van der Waals surface area contributed by atoms with E-state index in [-0.39, 0.29) is 30.4 Å². The molecular weight excluding hydrogens is 206 g/mol. The number of carbonyl (C=O) groups is 1. The smallest absolute Gasteiger partial charge is 0.223 e. The van der Waals surface area contributed by atoms with Crippen molar-refractivity contribution in [2.45, 2.75) is 45.6 Å². The highest BCUT2D eigenvalue weighted by molar-refractivity contribution is 5.79. The second kappa shape index (κ2) is 5.64. The second-order valence-electron chi connectivity index (χ2n) is 5.37. The highest BCUT2D eigenvalue weighted by Gasteiger charge is 2.36. The average molecular weight is 229 g/mol. The van der Waals surface area contributed by atoms with Crippen molar-refractivity contribution in [1.82, 2.24) is 5.32 Å². The molecule has 3 N–H and O–H groups in total. The Morgan fingerprint density at radius 1 is 1.50 bits per heavy atom. The lowest BCUT2D eigenvalue weighted by atomic mass is 9.68. The number of hydrogen-bond acceptors (Lipinski definition) is 3. The topological polar surface area (TPSA) is 69.6 Å². The van der Waals surface area contributed by atoms with Crippen molar-refractivity contribution < 1.29 is 15.0 Å². The molecule has 0 spiro atoms. The number of hydrogen-bond donors (Lipinski definition) is 3. The molecule has 2 atom stereocenters. The summed E-state index contributed by atoms with van der Waals surface area (Å²) >= 11 is 0. The molecule has 0 heterocycles. The molecule has 1 rings (SSSR count). The van der Waals surface area contributed by atoms with E-state index in [0.29, 0.717) is 0 Å². The molecule has 1 fully saturated rings. The van der Waals surface area contributed by atoms with Crippen molar-refractivity contribution in [2.75, 3.05) is 13.2 Å². The van der Waals surface area contributed by atoms with Crippen LogP contribution in [-0.2, 0) is 4.79 Å².